The van der Waals surface area contributed by atoms with Crippen LogP contribution in [0, 0.1) is 17.0 Å². The summed E-state index contributed by atoms with van der Waals surface area (Å²) in [6.07, 6.45) is 1.27. The van der Waals surface area contributed by atoms with Gasteiger partial charge in [0, 0.05) is 17.9 Å². The first-order valence-electron chi connectivity index (χ1n) is 10.9. The van der Waals surface area contributed by atoms with Gasteiger partial charge >= 0.3 is 5.82 Å². The van der Waals surface area contributed by atoms with Crippen LogP contribution < -0.4 is 4.74 Å². The average Bonchev–Trinajstić information content (AvgIpc) is 3.25. The lowest BCUT2D eigenvalue weighted by atomic mass is 9.98. The van der Waals surface area contributed by atoms with Gasteiger partial charge in [-0.15, -0.1) is 0 Å². The second-order valence-corrected chi connectivity index (χ2v) is 7.88. The molecule has 7 nitrogen and oxygen atoms in total. The Morgan fingerprint density at radius 2 is 1.68 bits per heavy atom. The monoisotopic (exact) mass is 450 g/mol. The number of para-hydroxylation sites is 1. The van der Waals surface area contributed by atoms with Crippen LogP contribution in [-0.2, 0) is 6.54 Å². The molecule has 0 aliphatic heterocycles. The maximum Gasteiger partial charge on any atom is 0.342 e. The minimum Gasteiger partial charge on any atom is -0.489 e. The topological polar surface area (TPSA) is 83.1 Å². The predicted molar refractivity (Wildman–Crippen MR) is 132 cm³/mol. The Labute approximate surface area is 196 Å². The molecule has 0 N–H and O–H groups in total. The Bertz CT molecular complexity index is 1460. The van der Waals surface area contributed by atoms with E-state index < -0.39 is 4.92 Å². The number of fused-ring (bicyclic) bond motifs is 1. The van der Waals surface area contributed by atoms with Gasteiger partial charge in [0.05, 0.1) is 11.2 Å². The van der Waals surface area contributed by atoms with Gasteiger partial charge in [0.15, 0.2) is 5.82 Å². The summed E-state index contributed by atoms with van der Waals surface area (Å²) in [5.41, 5.74) is 5.09. The molecule has 2 heterocycles. The lowest BCUT2D eigenvalue weighted by Crippen LogP contribution is -2.11. The maximum atomic E-state index is 11.1. The molecule has 5 rings (SSSR count). The van der Waals surface area contributed by atoms with Crippen LogP contribution in [-0.4, -0.2) is 26.1 Å². The van der Waals surface area contributed by atoms with Crippen LogP contribution in [0.3, 0.4) is 0 Å². The summed E-state index contributed by atoms with van der Waals surface area (Å²) >= 11 is 0. The number of rotatable bonds is 7. The number of ether oxygens (including phenoxy) is 1. The second-order valence-electron chi connectivity index (χ2n) is 7.88. The van der Waals surface area contributed by atoms with Gasteiger partial charge in [-0.1, -0.05) is 48.5 Å². The Balaban J connectivity index is 1.37. The Hall–Kier alpha value is -4.52. The van der Waals surface area contributed by atoms with Gasteiger partial charge < -0.3 is 14.9 Å². The molecule has 0 bridgehead atoms. The second kappa shape index (κ2) is 9.15. The van der Waals surface area contributed by atoms with Crippen molar-refractivity contribution in [3.8, 4) is 28.1 Å². The maximum absolute atomic E-state index is 11.1. The van der Waals surface area contributed by atoms with E-state index in [9.17, 15) is 10.1 Å². The van der Waals surface area contributed by atoms with Gasteiger partial charge in [-0.2, -0.15) is 0 Å². The van der Waals surface area contributed by atoms with Crippen LogP contribution in [0.2, 0.25) is 0 Å². The Morgan fingerprint density at radius 3 is 2.44 bits per heavy atom. The number of hydrogen-bond acceptors (Lipinski definition) is 5. The van der Waals surface area contributed by atoms with E-state index in [0.717, 1.165) is 33.3 Å². The van der Waals surface area contributed by atoms with E-state index in [0.29, 0.717) is 24.7 Å². The summed E-state index contributed by atoms with van der Waals surface area (Å²) in [6, 6.07) is 28.3. The van der Waals surface area contributed by atoms with E-state index >= 15 is 0 Å². The van der Waals surface area contributed by atoms with Gasteiger partial charge in [-0.3, -0.25) is 0 Å². The molecule has 0 spiro atoms. The van der Waals surface area contributed by atoms with Gasteiger partial charge in [0.2, 0.25) is 0 Å². The molecule has 168 valence electrons. The highest BCUT2D eigenvalue weighted by Crippen LogP contribution is 2.32. The molecule has 7 heteroatoms. The zero-order chi connectivity index (χ0) is 23.5. The van der Waals surface area contributed by atoms with Gasteiger partial charge in [0.25, 0.3) is 0 Å². The highest BCUT2D eigenvalue weighted by atomic mass is 16.6. The summed E-state index contributed by atoms with van der Waals surface area (Å²) in [6.45, 7) is 2.38. The third-order valence-corrected chi connectivity index (χ3v) is 5.76. The van der Waals surface area contributed by atoms with Crippen molar-refractivity contribution in [3.63, 3.8) is 0 Å². The van der Waals surface area contributed by atoms with E-state index in [1.54, 1.807) is 11.5 Å². The van der Waals surface area contributed by atoms with Gasteiger partial charge in [-0.25, -0.2) is 14.5 Å². The van der Waals surface area contributed by atoms with E-state index in [1.807, 2.05) is 60.7 Å². The van der Waals surface area contributed by atoms with E-state index in [1.165, 1.54) is 6.20 Å². The van der Waals surface area contributed by atoms with Crippen LogP contribution >= 0.6 is 0 Å². The predicted octanol–water partition coefficient (Wildman–Crippen LogP) is 6.06. The Morgan fingerprint density at radius 1 is 0.941 bits per heavy atom. The molecule has 0 fully saturated rings. The van der Waals surface area contributed by atoms with Crippen molar-refractivity contribution >= 4 is 16.7 Å². The minimum absolute atomic E-state index is 0.0342. The molecular formula is C27H22N4O3. The van der Waals surface area contributed by atoms with Crippen molar-refractivity contribution < 1.29 is 9.66 Å². The summed E-state index contributed by atoms with van der Waals surface area (Å²) in [7, 11) is 0. The molecule has 0 atom stereocenters. The quantitative estimate of drug-likeness (QED) is 0.222. The fourth-order valence-electron chi connectivity index (χ4n) is 4.03. The molecule has 2 aromatic heterocycles. The molecule has 0 saturated heterocycles. The summed E-state index contributed by atoms with van der Waals surface area (Å²) in [5, 5.41) is 12.2. The largest absolute Gasteiger partial charge is 0.489 e. The molecular weight excluding hydrogens is 428 g/mol. The molecule has 0 aliphatic carbocycles. The van der Waals surface area contributed by atoms with Crippen molar-refractivity contribution in [2.45, 2.75) is 13.5 Å². The normalized spacial score (nSPS) is 11.0. The molecule has 34 heavy (non-hydrogen) atoms. The zero-order valence-electron chi connectivity index (χ0n) is 18.6. The minimum atomic E-state index is -0.435. The summed E-state index contributed by atoms with van der Waals surface area (Å²) < 4.78 is 7.37. The van der Waals surface area contributed by atoms with E-state index in [-0.39, 0.29) is 5.82 Å². The zero-order valence-corrected chi connectivity index (χ0v) is 18.6. The number of imidazole rings is 1. The van der Waals surface area contributed by atoms with Crippen molar-refractivity contribution in [1.29, 1.82) is 0 Å². The van der Waals surface area contributed by atoms with Gasteiger partial charge in [0.1, 0.15) is 25.1 Å². The van der Waals surface area contributed by atoms with E-state index in [2.05, 4.69) is 29.2 Å². The molecule has 5 aromatic rings. The molecule has 0 saturated carbocycles. The summed E-state index contributed by atoms with van der Waals surface area (Å²) in [4.78, 5) is 19.6. The summed E-state index contributed by atoms with van der Waals surface area (Å²) in [5.74, 6) is 1.24. The molecule has 0 amide bonds. The molecule has 3 aromatic carbocycles. The third-order valence-electron chi connectivity index (χ3n) is 5.76. The number of aromatic nitrogens is 3. The van der Waals surface area contributed by atoms with Gasteiger partial charge in [-0.05, 0) is 52.4 Å². The first-order chi connectivity index (χ1) is 16.6. The molecule has 0 radical (unpaired) electrons. The molecule has 0 aliphatic rings. The Kier molecular flexibility index (Phi) is 5.74. The van der Waals surface area contributed by atoms with Crippen LogP contribution in [0.4, 0.5) is 5.82 Å². The van der Waals surface area contributed by atoms with Crippen molar-refractivity contribution in [2.24, 2.45) is 0 Å². The number of pyridine rings is 1. The lowest BCUT2D eigenvalue weighted by molar-refractivity contribution is -0.392. The first kappa shape index (κ1) is 21.3. The van der Waals surface area contributed by atoms with Crippen LogP contribution in [0.25, 0.3) is 33.3 Å². The first-order valence-corrected chi connectivity index (χ1v) is 10.9. The standard InChI is InChI=1S/C27H22N4O3/c1-19-28-18-27(31(32)33)30(19)15-16-34-22-13-11-21(12-14-22)26-17-24(20-7-3-2-4-8-20)23-9-5-6-10-25(23)29-26/h2-14,17-18H,15-16H2,1H3. The van der Waals surface area contributed by atoms with Crippen molar-refractivity contribution in [3.05, 3.63) is 107 Å². The average molecular weight is 450 g/mol. The number of hydrogen-bond donors (Lipinski definition) is 0. The smallest absolute Gasteiger partial charge is 0.342 e. The lowest BCUT2D eigenvalue weighted by Gasteiger charge is -2.11. The third kappa shape index (κ3) is 4.23. The number of nitro groups is 1. The van der Waals surface area contributed by atoms with Crippen LogP contribution in [0.15, 0.2) is 91.1 Å². The highest BCUT2D eigenvalue weighted by molar-refractivity contribution is 5.96. The highest BCUT2D eigenvalue weighted by Gasteiger charge is 2.17. The number of nitrogens with zero attached hydrogens (tertiary/aromatic N) is 4. The SMILES string of the molecule is Cc1ncc([N+](=O)[O-])n1CCOc1ccc(-c2cc(-c3ccccc3)c3ccccc3n2)cc1. The fourth-order valence-corrected chi connectivity index (χ4v) is 4.03. The van der Waals surface area contributed by atoms with Crippen molar-refractivity contribution in [1.82, 2.24) is 14.5 Å². The van der Waals surface area contributed by atoms with E-state index in [4.69, 9.17) is 9.72 Å². The number of aryl methyl sites for hydroxylation is 1. The number of benzene rings is 3. The fraction of sp³-hybridized carbons (Fsp3) is 0.111. The van der Waals surface area contributed by atoms with Crippen molar-refractivity contribution in [2.75, 3.05) is 6.61 Å². The van der Waals surface area contributed by atoms with Crippen LogP contribution in [0.5, 0.6) is 5.75 Å². The van der Waals surface area contributed by atoms with Crippen LogP contribution in [0.1, 0.15) is 5.82 Å². The molecule has 0 unspecified atom stereocenters.